The van der Waals surface area contributed by atoms with Gasteiger partial charge in [0, 0.05) is 0 Å². The lowest BCUT2D eigenvalue weighted by Crippen LogP contribution is -2.38. The van der Waals surface area contributed by atoms with Crippen LogP contribution in [0.4, 0.5) is 0 Å². The third-order valence-corrected chi connectivity index (χ3v) is 8.15. The molecule has 0 bridgehead atoms. The van der Waals surface area contributed by atoms with E-state index in [0.29, 0.717) is 0 Å². The molecular weight excluding hydrogens is 351 g/mol. The van der Waals surface area contributed by atoms with Crippen LogP contribution in [0.1, 0.15) is 39.5 Å². The topological polar surface area (TPSA) is 9.23 Å². The molecule has 0 amide bonds. The average molecular weight is 387 g/mol. The van der Waals surface area contributed by atoms with Crippen molar-refractivity contribution < 1.29 is 4.43 Å². The number of benzene rings is 2. The zero-order valence-electron chi connectivity index (χ0n) is 17.2. The van der Waals surface area contributed by atoms with E-state index in [9.17, 15) is 0 Å². The maximum atomic E-state index is 6.33. The maximum absolute atomic E-state index is 6.33. The summed E-state index contributed by atoms with van der Waals surface area (Å²) in [6.07, 6.45) is 6.27. The standard InChI is InChI=1S/C23H35OPSi/c1-23(2,24-26(3,4)5)19-13-8-14-20-25(21-15-9-6-10-16-21)22-17-11-7-12-18-22/h6-7,9-12,15-18H,8,13-14,19-20H2,1-5H3. The van der Waals surface area contributed by atoms with Crippen LogP contribution in [0.5, 0.6) is 0 Å². The molecule has 0 aliphatic carbocycles. The molecule has 2 aromatic carbocycles. The lowest BCUT2D eigenvalue weighted by molar-refractivity contribution is 0.0882. The first kappa shape index (κ1) is 21.3. The Balaban J connectivity index is 1.87. The highest BCUT2D eigenvalue weighted by atomic mass is 31.1. The van der Waals surface area contributed by atoms with E-state index >= 15 is 0 Å². The molecule has 0 aliphatic rings. The van der Waals surface area contributed by atoms with Crippen molar-refractivity contribution in [2.45, 2.75) is 64.8 Å². The fourth-order valence-electron chi connectivity index (χ4n) is 3.50. The van der Waals surface area contributed by atoms with E-state index in [1.54, 1.807) is 0 Å². The second-order valence-electron chi connectivity index (χ2n) is 8.61. The van der Waals surface area contributed by atoms with E-state index in [1.165, 1.54) is 36.0 Å². The molecule has 0 unspecified atom stereocenters. The van der Waals surface area contributed by atoms with Crippen molar-refractivity contribution >= 4 is 26.8 Å². The lowest BCUT2D eigenvalue weighted by atomic mass is 10.0. The second kappa shape index (κ2) is 9.83. The van der Waals surface area contributed by atoms with Crippen LogP contribution in [-0.4, -0.2) is 20.1 Å². The van der Waals surface area contributed by atoms with Crippen molar-refractivity contribution in [2.75, 3.05) is 6.16 Å². The van der Waals surface area contributed by atoms with E-state index in [-0.39, 0.29) is 13.5 Å². The molecule has 0 N–H and O–H groups in total. The Labute approximate surface area is 163 Å². The molecular formula is C23H35OPSi. The van der Waals surface area contributed by atoms with Gasteiger partial charge in [0.2, 0.25) is 0 Å². The highest BCUT2D eigenvalue weighted by Crippen LogP contribution is 2.35. The summed E-state index contributed by atoms with van der Waals surface area (Å²) in [5, 5.41) is 2.99. The van der Waals surface area contributed by atoms with Gasteiger partial charge < -0.3 is 4.43 Å². The largest absolute Gasteiger partial charge is 0.413 e. The van der Waals surface area contributed by atoms with E-state index in [4.69, 9.17) is 4.43 Å². The van der Waals surface area contributed by atoms with Gasteiger partial charge in [-0.25, -0.2) is 0 Å². The molecule has 0 saturated heterocycles. The van der Waals surface area contributed by atoms with E-state index in [2.05, 4.69) is 94.2 Å². The molecule has 26 heavy (non-hydrogen) atoms. The smallest absolute Gasteiger partial charge is 0.184 e. The molecule has 0 aliphatic heterocycles. The molecule has 0 aromatic heterocycles. The molecule has 1 nitrogen and oxygen atoms in total. The molecule has 2 aromatic rings. The Kier molecular flexibility index (Phi) is 8.07. The molecule has 0 atom stereocenters. The van der Waals surface area contributed by atoms with Crippen LogP contribution in [0.2, 0.25) is 19.6 Å². The summed E-state index contributed by atoms with van der Waals surface area (Å²) in [5.74, 6) is 0. The predicted octanol–water partition coefficient (Wildman–Crippen LogP) is 6.31. The predicted molar refractivity (Wildman–Crippen MR) is 121 cm³/mol. The molecule has 0 fully saturated rings. The first-order valence-electron chi connectivity index (χ1n) is 9.85. The van der Waals surface area contributed by atoms with Gasteiger partial charge in [-0.2, -0.15) is 0 Å². The number of hydrogen-bond donors (Lipinski definition) is 0. The van der Waals surface area contributed by atoms with Crippen molar-refractivity contribution in [3.05, 3.63) is 60.7 Å². The maximum Gasteiger partial charge on any atom is 0.184 e. The van der Waals surface area contributed by atoms with E-state index in [0.717, 1.165) is 6.42 Å². The lowest BCUT2D eigenvalue weighted by Gasteiger charge is -2.33. The number of unbranched alkanes of at least 4 members (excludes halogenated alkanes) is 2. The highest BCUT2D eigenvalue weighted by Gasteiger charge is 2.26. The average Bonchev–Trinajstić information content (AvgIpc) is 2.57. The van der Waals surface area contributed by atoms with Gasteiger partial charge in [-0.1, -0.05) is 73.5 Å². The Hall–Kier alpha value is -0.953. The molecule has 0 radical (unpaired) electrons. The first-order chi connectivity index (χ1) is 12.3. The summed E-state index contributed by atoms with van der Waals surface area (Å²) < 4.78 is 6.33. The van der Waals surface area contributed by atoms with Crippen LogP contribution in [0, 0.1) is 0 Å². The molecule has 0 saturated carbocycles. The Morgan fingerprint density at radius 1 is 0.769 bits per heavy atom. The monoisotopic (exact) mass is 386 g/mol. The van der Waals surface area contributed by atoms with Crippen molar-refractivity contribution in [2.24, 2.45) is 0 Å². The van der Waals surface area contributed by atoms with Crippen molar-refractivity contribution in [3.63, 3.8) is 0 Å². The van der Waals surface area contributed by atoms with E-state index in [1.807, 2.05) is 0 Å². The van der Waals surface area contributed by atoms with Crippen LogP contribution < -0.4 is 10.6 Å². The number of hydrogen-bond acceptors (Lipinski definition) is 1. The van der Waals surface area contributed by atoms with Gasteiger partial charge in [-0.3, -0.25) is 0 Å². The van der Waals surface area contributed by atoms with Gasteiger partial charge in [0.15, 0.2) is 8.32 Å². The van der Waals surface area contributed by atoms with Crippen LogP contribution in [0.25, 0.3) is 0 Å². The summed E-state index contributed by atoms with van der Waals surface area (Å²) in [4.78, 5) is 0. The summed E-state index contributed by atoms with van der Waals surface area (Å²) in [6, 6.07) is 22.1. The van der Waals surface area contributed by atoms with Gasteiger partial charge in [0.25, 0.3) is 0 Å². The van der Waals surface area contributed by atoms with Gasteiger partial charge in [0.1, 0.15) is 0 Å². The summed E-state index contributed by atoms with van der Waals surface area (Å²) in [5.41, 5.74) is 0.0219. The molecule has 2 rings (SSSR count). The number of rotatable bonds is 10. The van der Waals surface area contributed by atoms with Crippen LogP contribution in [-0.2, 0) is 4.43 Å². The Bertz CT molecular complexity index is 595. The van der Waals surface area contributed by atoms with Gasteiger partial charge >= 0.3 is 0 Å². The van der Waals surface area contributed by atoms with Crippen molar-refractivity contribution in [3.8, 4) is 0 Å². The van der Waals surface area contributed by atoms with Crippen LogP contribution >= 0.6 is 7.92 Å². The van der Waals surface area contributed by atoms with Crippen LogP contribution in [0.3, 0.4) is 0 Å². The third kappa shape index (κ3) is 7.74. The molecule has 3 heteroatoms. The fourth-order valence-corrected chi connectivity index (χ4v) is 7.68. The quantitative estimate of drug-likeness (QED) is 0.264. The normalized spacial score (nSPS) is 12.5. The zero-order valence-corrected chi connectivity index (χ0v) is 19.1. The van der Waals surface area contributed by atoms with Gasteiger partial charge in [-0.05, 0) is 71.0 Å². The summed E-state index contributed by atoms with van der Waals surface area (Å²) >= 11 is 0. The Morgan fingerprint density at radius 2 is 1.27 bits per heavy atom. The minimum atomic E-state index is -1.46. The first-order valence-corrected chi connectivity index (χ1v) is 14.8. The van der Waals surface area contributed by atoms with Crippen molar-refractivity contribution in [1.29, 1.82) is 0 Å². The SMILES string of the molecule is CC(C)(CCCCCP(c1ccccc1)c1ccccc1)O[Si](C)(C)C. The van der Waals surface area contributed by atoms with Gasteiger partial charge in [0.05, 0.1) is 5.60 Å². The minimum absolute atomic E-state index is 0.0219. The third-order valence-electron chi connectivity index (χ3n) is 4.38. The molecule has 0 spiro atoms. The van der Waals surface area contributed by atoms with E-state index < -0.39 is 8.32 Å². The van der Waals surface area contributed by atoms with Crippen LogP contribution in [0.15, 0.2) is 60.7 Å². The minimum Gasteiger partial charge on any atom is -0.413 e. The zero-order chi connectivity index (χ0) is 19.0. The van der Waals surface area contributed by atoms with Crippen molar-refractivity contribution in [1.82, 2.24) is 0 Å². The summed E-state index contributed by atoms with van der Waals surface area (Å²) in [7, 11) is -1.71. The summed E-state index contributed by atoms with van der Waals surface area (Å²) in [6.45, 7) is 11.4. The highest BCUT2D eigenvalue weighted by molar-refractivity contribution is 7.73. The fraction of sp³-hybridized carbons (Fsp3) is 0.478. The Morgan fingerprint density at radius 3 is 1.73 bits per heavy atom. The molecule has 142 valence electrons. The molecule has 0 heterocycles. The van der Waals surface area contributed by atoms with Gasteiger partial charge in [-0.15, -0.1) is 0 Å². The second-order valence-corrected chi connectivity index (χ2v) is 15.4.